The van der Waals surface area contributed by atoms with E-state index in [0.29, 0.717) is 0 Å². The number of aryl methyl sites for hydroxylation is 1. The Kier molecular flexibility index (Phi) is 3.44. The van der Waals surface area contributed by atoms with E-state index in [1.54, 1.807) is 11.3 Å². The average molecular weight is 214 g/mol. The maximum Gasteiger partial charge on any atom is 0.206 e. The minimum Gasteiger partial charge on any atom is -0.354 e. The fourth-order valence-electron chi connectivity index (χ4n) is 1.47. The summed E-state index contributed by atoms with van der Waals surface area (Å²) in [4.78, 5) is 2.15. The van der Waals surface area contributed by atoms with Crippen molar-refractivity contribution in [1.82, 2.24) is 15.1 Å². The third-order valence-electron chi connectivity index (χ3n) is 1.68. The molecule has 0 aromatic carbocycles. The highest BCUT2D eigenvalue weighted by Crippen LogP contribution is 2.19. The zero-order valence-corrected chi connectivity index (χ0v) is 10.3. The zero-order valence-electron chi connectivity index (χ0n) is 9.46. The van der Waals surface area contributed by atoms with E-state index in [9.17, 15) is 0 Å². The lowest BCUT2D eigenvalue weighted by Crippen LogP contribution is -2.41. The Morgan fingerprint density at radius 3 is 2.43 bits per heavy atom. The SMILES string of the molecule is Cc1nnc(NC(C)(C)CN(C)C)s1. The lowest BCUT2D eigenvalue weighted by atomic mass is 10.1. The molecule has 0 unspecified atom stereocenters. The van der Waals surface area contributed by atoms with E-state index in [4.69, 9.17) is 0 Å². The van der Waals surface area contributed by atoms with Crippen molar-refractivity contribution in [3.63, 3.8) is 0 Å². The van der Waals surface area contributed by atoms with Crippen LogP contribution in [0.4, 0.5) is 5.13 Å². The minimum atomic E-state index is 0.0233. The molecule has 1 heterocycles. The van der Waals surface area contributed by atoms with Crippen LogP contribution in [0.5, 0.6) is 0 Å². The lowest BCUT2D eigenvalue weighted by Gasteiger charge is -2.28. The van der Waals surface area contributed by atoms with E-state index in [-0.39, 0.29) is 5.54 Å². The van der Waals surface area contributed by atoms with Crippen molar-refractivity contribution in [2.45, 2.75) is 26.3 Å². The Balaban J connectivity index is 2.58. The standard InChI is InChI=1S/C9H18N4S/c1-7-11-12-8(14-7)10-9(2,3)6-13(4)5/h6H2,1-5H3,(H,10,12). The second-order valence-electron chi connectivity index (χ2n) is 4.37. The summed E-state index contributed by atoms with van der Waals surface area (Å²) in [5, 5.41) is 13.3. The molecule has 1 aromatic rings. The van der Waals surface area contributed by atoms with Crippen LogP contribution < -0.4 is 5.32 Å². The molecule has 0 aliphatic heterocycles. The molecule has 0 saturated carbocycles. The minimum absolute atomic E-state index is 0.0233. The number of hydrogen-bond acceptors (Lipinski definition) is 5. The van der Waals surface area contributed by atoms with Gasteiger partial charge in [-0.05, 0) is 34.9 Å². The Bertz CT molecular complexity index is 293. The van der Waals surface area contributed by atoms with Gasteiger partial charge in [0, 0.05) is 12.1 Å². The molecule has 0 fully saturated rings. The quantitative estimate of drug-likeness (QED) is 0.826. The van der Waals surface area contributed by atoms with Crippen molar-refractivity contribution in [3.8, 4) is 0 Å². The molecule has 4 nitrogen and oxygen atoms in total. The summed E-state index contributed by atoms with van der Waals surface area (Å²) in [6.45, 7) is 7.24. The first kappa shape index (κ1) is 11.4. The normalized spacial score (nSPS) is 12.1. The Hall–Kier alpha value is -0.680. The third-order valence-corrected chi connectivity index (χ3v) is 2.44. The maximum absolute atomic E-state index is 4.05. The molecule has 0 saturated heterocycles. The van der Waals surface area contributed by atoms with E-state index in [2.05, 4.69) is 48.4 Å². The molecule has 1 N–H and O–H groups in total. The number of likely N-dealkylation sites (N-methyl/N-ethyl adjacent to an activating group) is 1. The van der Waals surface area contributed by atoms with Crippen LogP contribution in [0.15, 0.2) is 0 Å². The van der Waals surface area contributed by atoms with Gasteiger partial charge in [-0.2, -0.15) is 0 Å². The number of rotatable bonds is 4. The highest BCUT2D eigenvalue weighted by Gasteiger charge is 2.19. The van der Waals surface area contributed by atoms with Crippen LogP contribution in [-0.2, 0) is 0 Å². The third kappa shape index (κ3) is 3.59. The Labute approximate surface area is 89.3 Å². The monoisotopic (exact) mass is 214 g/mol. The summed E-state index contributed by atoms with van der Waals surface area (Å²) in [6, 6.07) is 0. The van der Waals surface area contributed by atoms with Crippen LogP contribution in [0.2, 0.25) is 0 Å². The van der Waals surface area contributed by atoms with Gasteiger partial charge in [0.15, 0.2) is 0 Å². The molecule has 0 bridgehead atoms. The van der Waals surface area contributed by atoms with Crippen LogP contribution in [0.25, 0.3) is 0 Å². The molecule has 14 heavy (non-hydrogen) atoms. The van der Waals surface area contributed by atoms with Crippen molar-refractivity contribution in [3.05, 3.63) is 5.01 Å². The maximum atomic E-state index is 4.05. The lowest BCUT2D eigenvalue weighted by molar-refractivity contribution is 0.334. The van der Waals surface area contributed by atoms with Gasteiger partial charge in [0.25, 0.3) is 0 Å². The highest BCUT2D eigenvalue weighted by atomic mass is 32.1. The van der Waals surface area contributed by atoms with Crippen molar-refractivity contribution in [2.75, 3.05) is 26.0 Å². The smallest absolute Gasteiger partial charge is 0.206 e. The fourth-order valence-corrected chi connectivity index (χ4v) is 2.24. The molecule has 1 aromatic heterocycles. The van der Waals surface area contributed by atoms with Gasteiger partial charge in [-0.25, -0.2) is 0 Å². The second-order valence-corrected chi connectivity index (χ2v) is 5.55. The van der Waals surface area contributed by atoms with Gasteiger partial charge < -0.3 is 10.2 Å². The van der Waals surface area contributed by atoms with E-state index >= 15 is 0 Å². The molecule has 1 rings (SSSR count). The van der Waals surface area contributed by atoms with Gasteiger partial charge in [-0.1, -0.05) is 11.3 Å². The molecule has 0 aliphatic rings. The first-order valence-corrected chi connectivity index (χ1v) is 5.44. The van der Waals surface area contributed by atoms with Gasteiger partial charge in [-0.3, -0.25) is 0 Å². The summed E-state index contributed by atoms with van der Waals surface area (Å²) in [5.41, 5.74) is 0.0233. The topological polar surface area (TPSA) is 41.1 Å². The van der Waals surface area contributed by atoms with Crippen LogP contribution in [-0.4, -0.2) is 41.3 Å². The molecule has 0 atom stereocenters. The van der Waals surface area contributed by atoms with Crippen molar-refractivity contribution < 1.29 is 0 Å². The molecule has 0 radical (unpaired) electrons. The van der Waals surface area contributed by atoms with Crippen molar-refractivity contribution in [2.24, 2.45) is 0 Å². The van der Waals surface area contributed by atoms with E-state index in [0.717, 1.165) is 16.7 Å². The van der Waals surface area contributed by atoms with E-state index in [1.165, 1.54) is 0 Å². The zero-order chi connectivity index (χ0) is 10.8. The fraction of sp³-hybridized carbons (Fsp3) is 0.778. The van der Waals surface area contributed by atoms with Crippen LogP contribution >= 0.6 is 11.3 Å². The molecule has 0 amide bonds. The van der Waals surface area contributed by atoms with Gasteiger partial charge >= 0.3 is 0 Å². The molecular weight excluding hydrogens is 196 g/mol. The largest absolute Gasteiger partial charge is 0.354 e. The van der Waals surface area contributed by atoms with Gasteiger partial charge in [0.2, 0.25) is 5.13 Å². The highest BCUT2D eigenvalue weighted by molar-refractivity contribution is 7.15. The van der Waals surface area contributed by atoms with Crippen LogP contribution in [0, 0.1) is 6.92 Å². The number of aromatic nitrogens is 2. The molecule has 0 spiro atoms. The molecule has 5 heteroatoms. The number of nitrogens with one attached hydrogen (secondary N) is 1. The number of nitrogens with zero attached hydrogens (tertiary/aromatic N) is 3. The second kappa shape index (κ2) is 4.23. The summed E-state index contributed by atoms with van der Waals surface area (Å²) in [6.07, 6.45) is 0. The summed E-state index contributed by atoms with van der Waals surface area (Å²) in [5.74, 6) is 0. The Morgan fingerprint density at radius 2 is 2.00 bits per heavy atom. The average Bonchev–Trinajstić information content (AvgIpc) is 2.30. The van der Waals surface area contributed by atoms with E-state index < -0.39 is 0 Å². The van der Waals surface area contributed by atoms with Crippen molar-refractivity contribution >= 4 is 16.5 Å². The van der Waals surface area contributed by atoms with Crippen LogP contribution in [0.3, 0.4) is 0 Å². The first-order chi connectivity index (χ1) is 6.39. The summed E-state index contributed by atoms with van der Waals surface area (Å²) < 4.78 is 0. The van der Waals surface area contributed by atoms with Crippen molar-refractivity contribution in [1.29, 1.82) is 0 Å². The Morgan fingerprint density at radius 1 is 1.36 bits per heavy atom. The van der Waals surface area contributed by atoms with Gasteiger partial charge in [-0.15, -0.1) is 10.2 Å². The predicted octanol–water partition coefficient (Wildman–Crippen LogP) is 1.60. The molecule has 0 aliphatic carbocycles. The molecular formula is C9H18N4S. The first-order valence-electron chi connectivity index (χ1n) is 4.62. The van der Waals surface area contributed by atoms with Gasteiger partial charge in [0.05, 0.1) is 0 Å². The van der Waals surface area contributed by atoms with E-state index in [1.807, 2.05) is 6.92 Å². The molecule has 80 valence electrons. The number of anilines is 1. The number of hydrogen-bond donors (Lipinski definition) is 1. The van der Waals surface area contributed by atoms with Gasteiger partial charge in [0.1, 0.15) is 5.01 Å². The summed E-state index contributed by atoms with van der Waals surface area (Å²) >= 11 is 1.59. The van der Waals surface area contributed by atoms with Crippen LogP contribution in [0.1, 0.15) is 18.9 Å². The predicted molar refractivity (Wildman–Crippen MR) is 60.9 cm³/mol. The summed E-state index contributed by atoms with van der Waals surface area (Å²) in [7, 11) is 4.13.